The van der Waals surface area contributed by atoms with Gasteiger partial charge in [-0.25, -0.2) is 4.68 Å². The summed E-state index contributed by atoms with van der Waals surface area (Å²) in [5.41, 5.74) is 5.56. The number of carbonyl (C=O) groups is 1. The summed E-state index contributed by atoms with van der Waals surface area (Å²) in [7, 11) is 3.24. The van der Waals surface area contributed by atoms with Crippen LogP contribution in [-0.4, -0.2) is 54.4 Å². The Morgan fingerprint density at radius 1 is 1.12 bits per heavy atom. The van der Waals surface area contributed by atoms with Crippen LogP contribution < -0.4 is 14.8 Å². The van der Waals surface area contributed by atoms with E-state index in [9.17, 15) is 4.79 Å². The SMILES string of the molecule is COc1ccc(OC)c(CNC(=O)CN2CC=C(c3cnn(-c4ccc(C)cc4)c3)CC2)c1. The summed E-state index contributed by atoms with van der Waals surface area (Å²) in [6.07, 6.45) is 7.06. The normalized spacial score (nSPS) is 14.0. The van der Waals surface area contributed by atoms with Gasteiger partial charge in [0.15, 0.2) is 0 Å². The van der Waals surface area contributed by atoms with E-state index in [2.05, 4.69) is 58.8 Å². The average Bonchev–Trinajstić information content (AvgIpc) is 3.34. The van der Waals surface area contributed by atoms with Crippen LogP contribution in [0.3, 0.4) is 0 Å². The van der Waals surface area contributed by atoms with E-state index in [1.54, 1.807) is 14.2 Å². The third-order valence-electron chi connectivity index (χ3n) is 5.88. The van der Waals surface area contributed by atoms with Crippen LogP contribution in [0.2, 0.25) is 0 Å². The number of carbonyl (C=O) groups excluding carboxylic acids is 1. The van der Waals surface area contributed by atoms with E-state index < -0.39 is 0 Å². The molecule has 0 atom stereocenters. The molecule has 0 aliphatic carbocycles. The molecule has 7 heteroatoms. The molecule has 0 unspecified atom stereocenters. The minimum atomic E-state index is -0.0103. The lowest BCUT2D eigenvalue weighted by atomic mass is 10.0. The second kappa shape index (κ2) is 10.4. The maximum Gasteiger partial charge on any atom is 0.234 e. The van der Waals surface area contributed by atoms with Crippen molar-refractivity contribution in [2.24, 2.45) is 0 Å². The zero-order valence-corrected chi connectivity index (χ0v) is 19.4. The van der Waals surface area contributed by atoms with Gasteiger partial charge >= 0.3 is 0 Å². The van der Waals surface area contributed by atoms with Crippen LogP contribution >= 0.6 is 0 Å². The topological polar surface area (TPSA) is 68.6 Å². The highest BCUT2D eigenvalue weighted by molar-refractivity contribution is 5.78. The van der Waals surface area contributed by atoms with Gasteiger partial charge in [0, 0.05) is 37.0 Å². The van der Waals surface area contributed by atoms with Crippen molar-refractivity contribution in [3.05, 3.63) is 77.6 Å². The minimum Gasteiger partial charge on any atom is -0.497 e. The van der Waals surface area contributed by atoms with Crippen molar-refractivity contribution in [3.63, 3.8) is 0 Å². The second-order valence-electron chi connectivity index (χ2n) is 8.18. The molecule has 7 nitrogen and oxygen atoms in total. The molecule has 1 aromatic heterocycles. The minimum absolute atomic E-state index is 0.0103. The number of methoxy groups -OCH3 is 2. The Morgan fingerprint density at radius 2 is 1.94 bits per heavy atom. The monoisotopic (exact) mass is 446 g/mol. The van der Waals surface area contributed by atoms with Gasteiger partial charge in [-0.1, -0.05) is 23.8 Å². The van der Waals surface area contributed by atoms with Crippen LogP contribution in [0.5, 0.6) is 11.5 Å². The molecule has 33 heavy (non-hydrogen) atoms. The van der Waals surface area contributed by atoms with Crippen LogP contribution in [-0.2, 0) is 11.3 Å². The number of nitrogens with one attached hydrogen (secondary N) is 1. The first-order chi connectivity index (χ1) is 16.1. The van der Waals surface area contributed by atoms with Gasteiger partial charge in [-0.05, 0) is 49.2 Å². The summed E-state index contributed by atoms with van der Waals surface area (Å²) in [5, 5.41) is 7.51. The molecule has 3 aromatic rings. The van der Waals surface area contributed by atoms with Crippen molar-refractivity contribution in [1.82, 2.24) is 20.0 Å². The Bertz CT molecular complexity index is 1130. The fourth-order valence-corrected chi connectivity index (χ4v) is 3.92. The highest BCUT2D eigenvalue weighted by Gasteiger charge is 2.17. The molecule has 1 amide bonds. The Balaban J connectivity index is 1.30. The molecule has 0 radical (unpaired) electrons. The molecule has 1 aliphatic heterocycles. The summed E-state index contributed by atoms with van der Waals surface area (Å²) in [4.78, 5) is 14.7. The molecule has 0 saturated carbocycles. The molecule has 2 aromatic carbocycles. The number of hydrogen-bond acceptors (Lipinski definition) is 5. The molecular formula is C26H30N4O3. The molecule has 1 aliphatic rings. The Kier molecular flexibility index (Phi) is 7.10. The lowest BCUT2D eigenvalue weighted by molar-refractivity contribution is -0.122. The maximum absolute atomic E-state index is 12.5. The molecule has 0 fully saturated rings. The van der Waals surface area contributed by atoms with E-state index in [0.717, 1.165) is 47.8 Å². The van der Waals surface area contributed by atoms with Crippen molar-refractivity contribution in [1.29, 1.82) is 0 Å². The summed E-state index contributed by atoms with van der Waals surface area (Å²) in [6, 6.07) is 13.9. The molecule has 172 valence electrons. The van der Waals surface area contributed by atoms with Gasteiger partial charge in [-0.3, -0.25) is 9.69 Å². The standard InChI is InChI=1S/C26H30N4O3/c1-19-4-6-23(7-5-19)30-17-22(16-28-30)20-10-12-29(13-11-20)18-26(31)27-15-21-14-24(32-2)8-9-25(21)33-3/h4-10,14,16-17H,11-13,15,18H2,1-3H3,(H,27,31). The van der Waals surface area contributed by atoms with Gasteiger partial charge < -0.3 is 14.8 Å². The number of aryl methyl sites for hydroxylation is 1. The van der Waals surface area contributed by atoms with E-state index in [-0.39, 0.29) is 5.91 Å². The molecule has 0 saturated heterocycles. The van der Waals surface area contributed by atoms with Crippen LogP contribution in [0.4, 0.5) is 0 Å². The molecule has 2 heterocycles. The van der Waals surface area contributed by atoms with Crippen LogP contribution in [0, 0.1) is 6.92 Å². The first kappa shape index (κ1) is 22.6. The lowest BCUT2D eigenvalue weighted by Gasteiger charge is -2.25. The zero-order valence-electron chi connectivity index (χ0n) is 19.4. The smallest absolute Gasteiger partial charge is 0.234 e. The predicted octanol–water partition coefficient (Wildman–Crippen LogP) is 3.60. The van der Waals surface area contributed by atoms with E-state index >= 15 is 0 Å². The Morgan fingerprint density at radius 3 is 2.64 bits per heavy atom. The third-order valence-corrected chi connectivity index (χ3v) is 5.88. The Labute approximate surface area is 194 Å². The average molecular weight is 447 g/mol. The zero-order chi connectivity index (χ0) is 23.2. The first-order valence-electron chi connectivity index (χ1n) is 11.1. The van der Waals surface area contributed by atoms with Crippen molar-refractivity contribution in [2.75, 3.05) is 33.9 Å². The van der Waals surface area contributed by atoms with Crippen LogP contribution in [0.25, 0.3) is 11.3 Å². The fourth-order valence-electron chi connectivity index (χ4n) is 3.92. The van der Waals surface area contributed by atoms with Crippen molar-refractivity contribution < 1.29 is 14.3 Å². The number of amides is 1. The van der Waals surface area contributed by atoms with Gasteiger partial charge in [0.2, 0.25) is 5.91 Å². The number of nitrogens with zero attached hydrogens (tertiary/aromatic N) is 3. The van der Waals surface area contributed by atoms with Gasteiger partial charge in [-0.15, -0.1) is 0 Å². The van der Waals surface area contributed by atoms with E-state index in [1.807, 2.05) is 29.1 Å². The van der Waals surface area contributed by atoms with Gasteiger partial charge in [0.1, 0.15) is 11.5 Å². The van der Waals surface area contributed by atoms with E-state index in [4.69, 9.17) is 9.47 Å². The number of ether oxygens (including phenoxy) is 2. The summed E-state index contributed by atoms with van der Waals surface area (Å²) >= 11 is 0. The summed E-state index contributed by atoms with van der Waals surface area (Å²) in [6.45, 7) is 4.40. The molecule has 1 N–H and O–H groups in total. The summed E-state index contributed by atoms with van der Waals surface area (Å²) < 4.78 is 12.6. The van der Waals surface area contributed by atoms with Gasteiger partial charge in [0.25, 0.3) is 0 Å². The second-order valence-corrected chi connectivity index (χ2v) is 8.18. The van der Waals surface area contributed by atoms with Gasteiger partial charge in [0.05, 0.1) is 32.6 Å². The number of rotatable bonds is 8. The third kappa shape index (κ3) is 5.62. The predicted molar refractivity (Wildman–Crippen MR) is 129 cm³/mol. The highest BCUT2D eigenvalue weighted by Crippen LogP contribution is 2.24. The van der Waals surface area contributed by atoms with Crippen LogP contribution in [0.15, 0.2) is 60.9 Å². The summed E-state index contributed by atoms with van der Waals surface area (Å²) in [5.74, 6) is 1.45. The fraction of sp³-hybridized carbons (Fsp3) is 0.308. The van der Waals surface area contributed by atoms with Crippen molar-refractivity contribution in [3.8, 4) is 17.2 Å². The van der Waals surface area contributed by atoms with E-state index in [1.165, 1.54) is 11.1 Å². The Hall–Kier alpha value is -3.58. The lowest BCUT2D eigenvalue weighted by Crippen LogP contribution is -2.39. The molecule has 0 spiro atoms. The number of hydrogen-bond donors (Lipinski definition) is 1. The molecule has 0 bridgehead atoms. The van der Waals surface area contributed by atoms with E-state index in [0.29, 0.717) is 13.1 Å². The number of aromatic nitrogens is 2. The largest absolute Gasteiger partial charge is 0.497 e. The molecule has 4 rings (SSSR count). The quantitative estimate of drug-likeness (QED) is 0.573. The van der Waals surface area contributed by atoms with Crippen molar-refractivity contribution in [2.45, 2.75) is 19.9 Å². The first-order valence-corrected chi connectivity index (χ1v) is 11.1. The van der Waals surface area contributed by atoms with Crippen LogP contribution in [0.1, 0.15) is 23.1 Å². The van der Waals surface area contributed by atoms with Crippen molar-refractivity contribution >= 4 is 11.5 Å². The number of benzene rings is 2. The highest BCUT2D eigenvalue weighted by atomic mass is 16.5. The maximum atomic E-state index is 12.5. The van der Waals surface area contributed by atoms with Gasteiger partial charge in [-0.2, -0.15) is 5.10 Å². The molecular weight excluding hydrogens is 416 g/mol.